The van der Waals surface area contributed by atoms with E-state index in [9.17, 15) is 0 Å². The molecule has 2 aromatic heterocycles. The van der Waals surface area contributed by atoms with E-state index in [-0.39, 0.29) is 0 Å². The van der Waals surface area contributed by atoms with Crippen LogP contribution < -0.4 is 9.80 Å². The van der Waals surface area contributed by atoms with Gasteiger partial charge in [-0.2, -0.15) is 0 Å². The standard InChI is InChI=1S/C61H48N2O2/c1-35(2)44-10-6-12-46-48-14-8-16-54(60(48)64-58(44)46)62(42-27-18-36(3)19-28-42)52-32-25-39-24-31-51-53(33-26-40-23-30-50(52)56(39)57(40)51)63-43-29-21-37(4)41(34-43)22-20-38(5)45-11-7-13-47-49-15-9-17-55(63)61(49)65-59(45)47/h6-19,21,23-35,38H,20,22H2,1-5H3. The van der Waals surface area contributed by atoms with Crippen molar-refractivity contribution in [2.75, 3.05) is 9.80 Å². The zero-order valence-electron chi connectivity index (χ0n) is 37.4. The number of hydrogen-bond donors (Lipinski definition) is 0. The summed E-state index contributed by atoms with van der Waals surface area (Å²) in [4.78, 5) is 4.87. The Hall–Kier alpha value is -7.56. The highest BCUT2D eigenvalue weighted by molar-refractivity contribution is 6.29. The zero-order valence-corrected chi connectivity index (χ0v) is 37.4. The summed E-state index contributed by atoms with van der Waals surface area (Å²) in [5, 5.41) is 11.9. The van der Waals surface area contributed by atoms with E-state index in [1.165, 1.54) is 65.5 Å². The molecule has 0 spiro atoms. The first-order valence-corrected chi connectivity index (χ1v) is 23.2. The highest BCUT2D eigenvalue weighted by Crippen LogP contribution is 2.51. The summed E-state index contributed by atoms with van der Waals surface area (Å²) in [5.41, 5.74) is 16.7. The van der Waals surface area contributed by atoms with E-state index in [0.717, 1.165) is 85.5 Å². The molecule has 13 rings (SSSR count). The summed E-state index contributed by atoms with van der Waals surface area (Å²) in [6, 6.07) is 60.9. The lowest BCUT2D eigenvalue weighted by molar-refractivity contribution is 0.632. The van der Waals surface area contributed by atoms with Crippen molar-refractivity contribution in [2.45, 2.75) is 59.3 Å². The van der Waals surface area contributed by atoms with Gasteiger partial charge in [-0.3, -0.25) is 0 Å². The molecule has 3 heterocycles. The molecule has 4 nitrogen and oxygen atoms in total. The van der Waals surface area contributed by atoms with Gasteiger partial charge in [-0.25, -0.2) is 0 Å². The van der Waals surface area contributed by atoms with Crippen molar-refractivity contribution in [3.63, 3.8) is 0 Å². The minimum absolute atomic E-state index is 0.330. The lowest BCUT2D eigenvalue weighted by Crippen LogP contribution is -2.12. The molecule has 314 valence electrons. The molecule has 12 aromatic rings. The van der Waals surface area contributed by atoms with Crippen molar-refractivity contribution in [2.24, 2.45) is 0 Å². The smallest absolute Gasteiger partial charge is 0.159 e. The van der Waals surface area contributed by atoms with E-state index in [1.54, 1.807) is 0 Å². The number of rotatable bonds is 5. The van der Waals surface area contributed by atoms with E-state index in [4.69, 9.17) is 8.83 Å². The van der Waals surface area contributed by atoms with Crippen LogP contribution in [0.3, 0.4) is 0 Å². The van der Waals surface area contributed by atoms with E-state index in [0.29, 0.717) is 11.8 Å². The summed E-state index contributed by atoms with van der Waals surface area (Å²) in [6.07, 6.45) is 2.03. The first kappa shape index (κ1) is 37.9. The number of anilines is 6. The maximum Gasteiger partial charge on any atom is 0.159 e. The van der Waals surface area contributed by atoms with Crippen LogP contribution in [0.15, 0.2) is 173 Å². The van der Waals surface area contributed by atoms with Crippen molar-refractivity contribution >= 4 is 110 Å². The lowest BCUT2D eigenvalue weighted by atomic mass is 9.91. The molecule has 0 saturated carbocycles. The molecule has 0 N–H and O–H groups in total. The molecular formula is C61H48N2O2. The molecule has 1 aliphatic heterocycles. The Morgan fingerprint density at radius 3 is 1.98 bits per heavy atom. The van der Waals surface area contributed by atoms with Crippen LogP contribution >= 0.6 is 0 Å². The molecule has 65 heavy (non-hydrogen) atoms. The molecule has 4 bridgehead atoms. The van der Waals surface area contributed by atoms with Gasteiger partial charge in [0, 0.05) is 43.7 Å². The van der Waals surface area contributed by atoms with E-state index < -0.39 is 0 Å². The number of benzene rings is 10. The van der Waals surface area contributed by atoms with Crippen LogP contribution in [0, 0.1) is 13.8 Å². The molecule has 1 unspecified atom stereocenters. The number of aryl methyl sites for hydroxylation is 3. The molecule has 10 aromatic carbocycles. The molecule has 0 amide bonds. The predicted molar refractivity (Wildman–Crippen MR) is 274 cm³/mol. The normalized spacial score (nSPS) is 14.4. The predicted octanol–water partition coefficient (Wildman–Crippen LogP) is 18.1. The zero-order chi connectivity index (χ0) is 43.7. The summed E-state index contributed by atoms with van der Waals surface area (Å²) < 4.78 is 14.1. The number of para-hydroxylation sites is 4. The Kier molecular flexibility index (Phi) is 8.30. The van der Waals surface area contributed by atoms with Crippen LogP contribution in [-0.2, 0) is 6.42 Å². The van der Waals surface area contributed by atoms with Crippen LogP contribution in [0.1, 0.15) is 66.8 Å². The van der Waals surface area contributed by atoms with E-state index in [2.05, 4.69) is 208 Å². The fourth-order valence-corrected chi connectivity index (χ4v) is 11.1. The van der Waals surface area contributed by atoms with Crippen LogP contribution in [0.5, 0.6) is 0 Å². The largest absolute Gasteiger partial charge is 0.454 e. The average molecular weight is 841 g/mol. The van der Waals surface area contributed by atoms with Crippen LogP contribution in [0.4, 0.5) is 34.1 Å². The Labute approximate surface area is 378 Å². The Bertz CT molecular complexity index is 3870. The maximum absolute atomic E-state index is 7.08. The third kappa shape index (κ3) is 5.63. The minimum Gasteiger partial charge on any atom is -0.454 e. The van der Waals surface area contributed by atoms with Gasteiger partial charge in [-0.15, -0.1) is 0 Å². The second kappa shape index (κ2) is 14.2. The van der Waals surface area contributed by atoms with Gasteiger partial charge in [0.05, 0.1) is 22.7 Å². The third-order valence-corrected chi connectivity index (χ3v) is 14.5. The summed E-state index contributed by atoms with van der Waals surface area (Å²) >= 11 is 0. The SMILES string of the molecule is Cc1ccc(N(c2ccc3ccc4c(N5c6ccc(C)c(c6)CCC(C)c6cccc7c6oc6c5cccc67)ccc5ccc2c3c54)c2cccc3c2oc2c(C(C)C)cccc23)cc1. The second-order valence-electron chi connectivity index (χ2n) is 18.8. The van der Waals surface area contributed by atoms with Crippen LogP contribution in [0.25, 0.3) is 76.2 Å². The van der Waals surface area contributed by atoms with E-state index in [1.807, 2.05) is 0 Å². The van der Waals surface area contributed by atoms with Gasteiger partial charge in [-0.05, 0) is 131 Å². The molecule has 1 atom stereocenters. The number of nitrogens with zero attached hydrogens (tertiary/aromatic N) is 2. The monoisotopic (exact) mass is 840 g/mol. The quantitative estimate of drug-likeness (QED) is 0.162. The van der Waals surface area contributed by atoms with Crippen LogP contribution in [0.2, 0.25) is 0 Å². The number of furan rings is 2. The molecule has 0 saturated heterocycles. The first-order chi connectivity index (χ1) is 31.8. The third-order valence-electron chi connectivity index (χ3n) is 14.5. The summed E-state index contributed by atoms with van der Waals surface area (Å²) in [7, 11) is 0. The van der Waals surface area contributed by atoms with Gasteiger partial charge in [0.15, 0.2) is 11.2 Å². The van der Waals surface area contributed by atoms with Crippen molar-refractivity contribution in [3.8, 4) is 0 Å². The Balaban J connectivity index is 1.08. The van der Waals surface area contributed by atoms with Crippen molar-refractivity contribution in [1.29, 1.82) is 0 Å². The number of hydrogen-bond acceptors (Lipinski definition) is 4. The molecule has 0 fully saturated rings. The Morgan fingerprint density at radius 2 is 1.18 bits per heavy atom. The number of fused-ring (bicyclic) bond motifs is 6. The highest BCUT2D eigenvalue weighted by atomic mass is 16.3. The fourth-order valence-electron chi connectivity index (χ4n) is 11.1. The lowest BCUT2D eigenvalue weighted by Gasteiger charge is -2.30. The van der Waals surface area contributed by atoms with Crippen LogP contribution in [-0.4, -0.2) is 0 Å². The molecule has 0 aliphatic carbocycles. The summed E-state index contributed by atoms with van der Waals surface area (Å²) in [6.45, 7) is 11.2. The van der Waals surface area contributed by atoms with Crippen molar-refractivity contribution in [1.82, 2.24) is 0 Å². The van der Waals surface area contributed by atoms with Gasteiger partial charge < -0.3 is 18.6 Å². The topological polar surface area (TPSA) is 32.8 Å². The van der Waals surface area contributed by atoms with Gasteiger partial charge >= 0.3 is 0 Å². The average Bonchev–Trinajstić information content (AvgIpc) is 3.91. The van der Waals surface area contributed by atoms with Crippen molar-refractivity contribution in [3.05, 3.63) is 192 Å². The first-order valence-electron chi connectivity index (χ1n) is 23.2. The molecule has 4 heteroatoms. The summed E-state index contributed by atoms with van der Waals surface area (Å²) in [5.74, 6) is 0.687. The molecular weight excluding hydrogens is 793 g/mol. The Morgan fingerprint density at radius 1 is 0.538 bits per heavy atom. The fraction of sp³-hybridized carbons (Fsp3) is 0.148. The highest BCUT2D eigenvalue weighted by Gasteiger charge is 2.27. The maximum atomic E-state index is 7.08. The second-order valence-corrected chi connectivity index (χ2v) is 18.8. The molecule has 1 aliphatic rings. The minimum atomic E-state index is 0.330. The van der Waals surface area contributed by atoms with Crippen molar-refractivity contribution < 1.29 is 8.83 Å². The van der Waals surface area contributed by atoms with Gasteiger partial charge in [0.1, 0.15) is 11.2 Å². The molecule has 0 radical (unpaired) electrons. The van der Waals surface area contributed by atoms with E-state index >= 15 is 0 Å². The van der Waals surface area contributed by atoms with Gasteiger partial charge in [0.2, 0.25) is 0 Å². The van der Waals surface area contributed by atoms with Gasteiger partial charge in [0.25, 0.3) is 0 Å². The van der Waals surface area contributed by atoms with Gasteiger partial charge in [-0.1, -0.05) is 142 Å².